The number of ether oxygens (including phenoxy) is 2. The van der Waals surface area contributed by atoms with Crippen LogP contribution in [0.15, 0.2) is 36.8 Å². The minimum Gasteiger partial charge on any atom is -0.453 e. The van der Waals surface area contributed by atoms with Gasteiger partial charge in [-0.3, -0.25) is 0 Å². The lowest BCUT2D eigenvalue weighted by atomic mass is 10.0. The van der Waals surface area contributed by atoms with Crippen molar-refractivity contribution in [3.63, 3.8) is 0 Å². The van der Waals surface area contributed by atoms with Crippen LogP contribution in [0, 0.1) is 11.3 Å². The highest BCUT2D eigenvalue weighted by molar-refractivity contribution is 5.26. The van der Waals surface area contributed by atoms with E-state index >= 15 is 0 Å². The van der Waals surface area contributed by atoms with Gasteiger partial charge in [0.1, 0.15) is 12.5 Å². The number of nitrogens with zero attached hydrogens (tertiary/aromatic N) is 1. The number of hydrogen-bond acceptors (Lipinski definition) is 3. The first kappa shape index (κ1) is 10.6. The molecular weight excluding hydrogens is 202 g/mol. The van der Waals surface area contributed by atoms with Crippen LogP contribution in [0.2, 0.25) is 0 Å². The van der Waals surface area contributed by atoms with Gasteiger partial charge in [-0.1, -0.05) is 24.3 Å². The van der Waals surface area contributed by atoms with E-state index in [1.165, 1.54) is 0 Å². The summed E-state index contributed by atoms with van der Waals surface area (Å²) in [6.07, 6.45) is 4.42. The SMILES string of the molecule is CC1(c2ccc(CCC#N)cc2)OC=CO1. The fraction of sp³-hybridized carbons (Fsp3) is 0.308. The standard InChI is InChI=1S/C13H13NO2/c1-13(15-9-10-16-13)12-6-4-11(5-7-12)3-2-8-14/h4-7,9-10H,2-3H2,1H3. The molecule has 0 bridgehead atoms. The van der Waals surface area contributed by atoms with Crippen LogP contribution in [0.5, 0.6) is 0 Å². The molecule has 1 aromatic carbocycles. The molecule has 1 aromatic rings. The highest BCUT2D eigenvalue weighted by Gasteiger charge is 2.31. The maximum Gasteiger partial charge on any atom is 0.273 e. The molecule has 3 heteroatoms. The van der Waals surface area contributed by atoms with Crippen LogP contribution in [0.1, 0.15) is 24.5 Å². The van der Waals surface area contributed by atoms with Crippen molar-refractivity contribution >= 4 is 0 Å². The van der Waals surface area contributed by atoms with Crippen LogP contribution < -0.4 is 0 Å². The zero-order valence-electron chi connectivity index (χ0n) is 9.14. The van der Waals surface area contributed by atoms with Gasteiger partial charge < -0.3 is 9.47 Å². The molecule has 0 aliphatic carbocycles. The molecule has 0 N–H and O–H groups in total. The third kappa shape index (κ3) is 2.01. The predicted molar refractivity (Wildman–Crippen MR) is 59.0 cm³/mol. The van der Waals surface area contributed by atoms with Gasteiger partial charge in [0.15, 0.2) is 0 Å². The van der Waals surface area contributed by atoms with Crippen molar-refractivity contribution in [3.8, 4) is 6.07 Å². The van der Waals surface area contributed by atoms with Crippen molar-refractivity contribution in [1.82, 2.24) is 0 Å². The van der Waals surface area contributed by atoms with Crippen LogP contribution in [0.3, 0.4) is 0 Å². The molecule has 0 radical (unpaired) electrons. The van der Waals surface area contributed by atoms with Crippen LogP contribution in [0.25, 0.3) is 0 Å². The van der Waals surface area contributed by atoms with Gasteiger partial charge in [0.2, 0.25) is 0 Å². The summed E-state index contributed by atoms with van der Waals surface area (Å²) < 4.78 is 10.8. The van der Waals surface area contributed by atoms with E-state index in [0.29, 0.717) is 6.42 Å². The van der Waals surface area contributed by atoms with Gasteiger partial charge in [-0.05, 0) is 12.0 Å². The normalized spacial score (nSPS) is 16.2. The maximum absolute atomic E-state index is 8.50. The second kappa shape index (κ2) is 4.28. The van der Waals surface area contributed by atoms with Crippen molar-refractivity contribution in [2.45, 2.75) is 25.6 Å². The molecule has 0 saturated carbocycles. The van der Waals surface area contributed by atoms with Crippen LogP contribution in [-0.2, 0) is 21.7 Å². The Balaban J connectivity index is 2.10. The van der Waals surface area contributed by atoms with Gasteiger partial charge in [-0.25, -0.2) is 0 Å². The Morgan fingerprint density at radius 2 is 1.81 bits per heavy atom. The van der Waals surface area contributed by atoms with E-state index in [1.54, 1.807) is 12.5 Å². The second-order valence-electron chi connectivity index (χ2n) is 3.81. The van der Waals surface area contributed by atoms with Gasteiger partial charge in [0.05, 0.1) is 6.07 Å². The zero-order valence-corrected chi connectivity index (χ0v) is 9.14. The minimum atomic E-state index is -0.701. The fourth-order valence-corrected chi connectivity index (χ4v) is 1.65. The summed E-state index contributed by atoms with van der Waals surface area (Å²) in [5.74, 6) is -0.701. The molecular formula is C13H13NO2. The monoisotopic (exact) mass is 215 g/mol. The molecule has 3 nitrogen and oxygen atoms in total. The lowest BCUT2D eigenvalue weighted by molar-refractivity contribution is -0.133. The van der Waals surface area contributed by atoms with Crippen LogP contribution in [-0.4, -0.2) is 0 Å². The summed E-state index contributed by atoms with van der Waals surface area (Å²) in [6.45, 7) is 1.87. The van der Waals surface area contributed by atoms with E-state index in [4.69, 9.17) is 14.7 Å². The van der Waals surface area contributed by atoms with Gasteiger partial charge in [0.25, 0.3) is 5.79 Å². The molecule has 2 rings (SSSR count). The van der Waals surface area contributed by atoms with Gasteiger partial charge in [0, 0.05) is 18.9 Å². The summed E-state index contributed by atoms with van der Waals surface area (Å²) in [5.41, 5.74) is 2.12. The highest BCUT2D eigenvalue weighted by atomic mass is 16.7. The van der Waals surface area contributed by atoms with Gasteiger partial charge >= 0.3 is 0 Å². The molecule has 0 spiro atoms. The predicted octanol–water partition coefficient (Wildman–Crippen LogP) is 2.83. The quantitative estimate of drug-likeness (QED) is 0.778. The molecule has 0 saturated heterocycles. The lowest BCUT2D eigenvalue weighted by Crippen LogP contribution is -2.21. The van der Waals surface area contributed by atoms with Crippen molar-refractivity contribution in [3.05, 3.63) is 47.9 Å². The number of hydrogen-bond donors (Lipinski definition) is 0. The van der Waals surface area contributed by atoms with Crippen molar-refractivity contribution in [1.29, 1.82) is 5.26 Å². The number of nitriles is 1. The lowest BCUT2D eigenvalue weighted by Gasteiger charge is -2.23. The Hall–Kier alpha value is -1.95. The molecule has 0 aromatic heterocycles. The van der Waals surface area contributed by atoms with E-state index in [-0.39, 0.29) is 0 Å². The first-order chi connectivity index (χ1) is 7.74. The molecule has 1 aliphatic rings. The maximum atomic E-state index is 8.50. The zero-order chi connectivity index (χ0) is 11.4. The second-order valence-corrected chi connectivity index (χ2v) is 3.81. The molecule has 1 aliphatic heterocycles. The molecule has 82 valence electrons. The minimum absolute atomic E-state index is 0.547. The average Bonchev–Trinajstić information content (AvgIpc) is 2.75. The van der Waals surface area contributed by atoms with E-state index in [0.717, 1.165) is 17.5 Å². The molecule has 1 heterocycles. The molecule has 16 heavy (non-hydrogen) atoms. The van der Waals surface area contributed by atoms with Crippen molar-refractivity contribution < 1.29 is 9.47 Å². The Bertz CT molecular complexity index is 420. The largest absolute Gasteiger partial charge is 0.453 e. The molecule has 0 amide bonds. The number of benzene rings is 1. The summed E-state index contributed by atoms with van der Waals surface area (Å²) in [7, 11) is 0. The Morgan fingerprint density at radius 1 is 1.19 bits per heavy atom. The number of aryl methyl sites for hydroxylation is 1. The smallest absolute Gasteiger partial charge is 0.273 e. The topological polar surface area (TPSA) is 42.2 Å². The van der Waals surface area contributed by atoms with Gasteiger partial charge in [-0.15, -0.1) is 0 Å². The fourth-order valence-electron chi connectivity index (χ4n) is 1.65. The third-order valence-corrected chi connectivity index (χ3v) is 2.65. The van der Waals surface area contributed by atoms with Crippen LogP contribution >= 0.6 is 0 Å². The van der Waals surface area contributed by atoms with E-state index in [2.05, 4.69) is 6.07 Å². The summed E-state index contributed by atoms with van der Waals surface area (Å²) >= 11 is 0. The molecule has 0 atom stereocenters. The van der Waals surface area contributed by atoms with E-state index in [1.807, 2.05) is 31.2 Å². The van der Waals surface area contributed by atoms with Crippen molar-refractivity contribution in [2.75, 3.05) is 0 Å². The van der Waals surface area contributed by atoms with E-state index < -0.39 is 5.79 Å². The average molecular weight is 215 g/mol. The van der Waals surface area contributed by atoms with Crippen LogP contribution in [0.4, 0.5) is 0 Å². The molecule has 0 unspecified atom stereocenters. The van der Waals surface area contributed by atoms with Gasteiger partial charge in [-0.2, -0.15) is 5.26 Å². The third-order valence-electron chi connectivity index (χ3n) is 2.65. The van der Waals surface area contributed by atoms with Crippen molar-refractivity contribution in [2.24, 2.45) is 0 Å². The Kier molecular flexibility index (Phi) is 2.82. The Labute approximate surface area is 94.9 Å². The molecule has 0 fully saturated rings. The highest BCUT2D eigenvalue weighted by Crippen LogP contribution is 2.31. The Morgan fingerprint density at radius 3 is 2.38 bits per heavy atom. The first-order valence-electron chi connectivity index (χ1n) is 5.22. The summed E-state index contributed by atoms with van der Waals surface area (Å²) in [4.78, 5) is 0. The first-order valence-corrected chi connectivity index (χ1v) is 5.22. The summed E-state index contributed by atoms with van der Waals surface area (Å²) in [6, 6.07) is 10.1. The number of rotatable bonds is 3. The van der Waals surface area contributed by atoms with E-state index in [9.17, 15) is 0 Å². The summed E-state index contributed by atoms with van der Waals surface area (Å²) in [5, 5.41) is 8.50.